The van der Waals surface area contributed by atoms with Gasteiger partial charge in [-0.25, -0.2) is 0 Å². The molecular formula is C16H16F3N3O. The van der Waals surface area contributed by atoms with Gasteiger partial charge in [0.25, 0.3) is 0 Å². The topological polar surface area (TPSA) is 54.0 Å². The first kappa shape index (κ1) is 17.0. The predicted molar refractivity (Wildman–Crippen MR) is 80.6 cm³/mol. The summed E-state index contributed by atoms with van der Waals surface area (Å²) in [6.45, 7) is 0.997. The number of pyridine rings is 1. The van der Waals surface area contributed by atoms with Crippen molar-refractivity contribution in [2.45, 2.75) is 19.1 Å². The Labute approximate surface area is 131 Å². The van der Waals surface area contributed by atoms with Crippen LogP contribution >= 0.6 is 0 Å². The molecule has 1 heterocycles. The molecule has 2 rings (SSSR count). The molecule has 0 unspecified atom stereocenters. The number of aromatic nitrogens is 1. The summed E-state index contributed by atoms with van der Waals surface area (Å²) in [6, 6.07) is 9.92. The maximum absolute atomic E-state index is 12.4. The third-order valence-corrected chi connectivity index (χ3v) is 3.06. The van der Waals surface area contributed by atoms with Crippen LogP contribution in [0, 0.1) is 0 Å². The number of hydrogen-bond acceptors (Lipinski definition) is 3. The highest BCUT2D eigenvalue weighted by molar-refractivity contribution is 5.90. The molecule has 0 spiro atoms. The van der Waals surface area contributed by atoms with Crippen molar-refractivity contribution in [1.29, 1.82) is 0 Å². The van der Waals surface area contributed by atoms with E-state index in [4.69, 9.17) is 0 Å². The summed E-state index contributed by atoms with van der Waals surface area (Å²) in [5, 5.41) is 5.63. The van der Waals surface area contributed by atoms with Gasteiger partial charge in [-0.15, -0.1) is 0 Å². The van der Waals surface area contributed by atoms with E-state index in [1.54, 1.807) is 6.20 Å². The van der Waals surface area contributed by atoms with Crippen molar-refractivity contribution in [2.24, 2.45) is 0 Å². The third kappa shape index (κ3) is 5.71. The number of carbonyl (C=O) groups excluding carboxylic acids is 1. The van der Waals surface area contributed by atoms with E-state index in [1.807, 2.05) is 18.2 Å². The zero-order chi connectivity index (χ0) is 16.7. The lowest BCUT2D eigenvalue weighted by Crippen LogP contribution is -2.21. The van der Waals surface area contributed by atoms with Crippen LogP contribution in [0.5, 0.6) is 0 Å². The van der Waals surface area contributed by atoms with Gasteiger partial charge in [0.05, 0.1) is 11.3 Å². The minimum Gasteiger partial charge on any atom is -0.326 e. The molecule has 2 aromatic rings. The molecule has 0 atom stereocenters. The van der Waals surface area contributed by atoms with Crippen molar-refractivity contribution < 1.29 is 18.0 Å². The molecule has 0 saturated heterocycles. The Balaban J connectivity index is 1.72. The molecule has 0 aliphatic carbocycles. The Kier molecular flexibility index (Phi) is 5.70. The standard InChI is InChI=1S/C16H16F3N3O/c17-16(18,19)12-4-6-13(7-5-12)22-15(23)8-10-20-11-14-3-1-2-9-21-14/h1-7,9,20H,8,10-11H2,(H,22,23). The Bertz CT molecular complexity index is 627. The number of amides is 1. The Morgan fingerprint density at radius 1 is 1.09 bits per heavy atom. The van der Waals surface area contributed by atoms with Crippen molar-refractivity contribution in [1.82, 2.24) is 10.3 Å². The summed E-state index contributed by atoms with van der Waals surface area (Å²) < 4.78 is 37.3. The van der Waals surface area contributed by atoms with Gasteiger partial charge in [-0.3, -0.25) is 9.78 Å². The van der Waals surface area contributed by atoms with Gasteiger partial charge in [0.15, 0.2) is 0 Å². The lowest BCUT2D eigenvalue weighted by atomic mass is 10.2. The maximum atomic E-state index is 12.4. The van der Waals surface area contributed by atoms with Gasteiger partial charge < -0.3 is 10.6 Å². The largest absolute Gasteiger partial charge is 0.416 e. The zero-order valence-electron chi connectivity index (χ0n) is 12.2. The average Bonchev–Trinajstić information content (AvgIpc) is 2.52. The molecule has 0 fully saturated rings. The fourth-order valence-electron chi connectivity index (χ4n) is 1.89. The highest BCUT2D eigenvalue weighted by Gasteiger charge is 2.29. The molecular weight excluding hydrogens is 307 g/mol. The zero-order valence-corrected chi connectivity index (χ0v) is 12.2. The van der Waals surface area contributed by atoms with Crippen LogP contribution in [-0.2, 0) is 17.5 Å². The summed E-state index contributed by atoms with van der Waals surface area (Å²) >= 11 is 0. The monoisotopic (exact) mass is 323 g/mol. The Morgan fingerprint density at radius 3 is 2.43 bits per heavy atom. The second-order valence-electron chi connectivity index (χ2n) is 4.87. The van der Waals surface area contributed by atoms with Gasteiger partial charge in [-0.1, -0.05) is 6.07 Å². The summed E-state index contributed by atoms with van der Waals surface area (Å²) in [4.78, 5) is 15.9. The number of benzene rings is 1. The highest BCUT2D eigenvalue weighted by Crippen LogP contribution is 2.29. The van der Waals surface area contributed by atoms with Crippen LogP contribution in [0.2, 0.25) is 0 Å². The van der Waals surface area contributed by atoms with Crippen molar-refractivity contribution in [3.05, 3.63) is 59.9 Å². The van der Waals surface area contributed by atoms with Gasteiger partial charge in [-0.05, 0) is 36.4 Å². The number of nitrogens with zero attached hydrogens (tertiary/aromatic N) is 1. The van der Waals surface area contributed by atoms with Gasteiger partial charge in [0, 0.05) is 31.4 Å². The minimum absolute atomic E-state index is 0.216. The quantitative estimate of drug-likeness (QED) is 0.803. The summed E-state index contributed by atoms with van der Waals surface area (Å²) in [5.41, 5.74) is 0.468. The van der Waals surface area contributed by atoms with E-state index in [1.165, 1.54) is 12.1 Å². The van der Waals surface area contributed by atoms with Gasteiger partial charge in [0.1, 0.15) is 0 Å². The lowest BCUT2D eigenvalue weighted by molar-refractivity contribution is -0.137. The SMILES string of the molecule is O=C(CCNCc1ccccn1)Nc1ccc(C(F)(F)F)cc1. The molecule has 122 valence electrons. The molecule has 0 saturated carbocycles. The van der Waals surface area contributed by atoms with Crippen LogP contribution in [0.15, 0.2) is 48.7 Å². The molecule has 0 aliphatic heterocycles. The van der Waals surface area contributed by atoms with Crippen molar-refractivity contribution >= 4 is 11.6 Å². The highest BCUT2D eigenvalue weighted by atomic mass is 19.4. The molecule has 7 heteroatoms. The molecule has 0 radical (unpaired) electrons. The van der Waals surface area contributed by atoms with E-state index in [0.29, 0.717) is 18.8 Å². The maximum Gasteiger partial charge on any atom is 0.416 e. The molecule has 2 N–H and O–H groups in total. The Morgan fingerprint density at radius 2 is 1.83 bits per heavy atom. The van der Waals surface area contributed by atoms with E-state index in [0.717, 1.165) is 17.8 Å². The summed E-state index contributed by atoms with van der Waals surface area (Å²) in [5.74, 6) is -0.265. The molecule has 1 aromatic carbocycles. The van der Waals surface area contributed by atoms with Gasteiger partial charge in [-0.2, -0.15) is 13.2 Å². The fourth-order valence-corrected chi connectivity index (χ4v) is 1.89. The first-order valence-corrected chi connectivity index (χ1v) is 7.03. The normalized spacial score (nSPS) is 11.3. The Hall–Kier alpha value is -2.41. The second-order valence-corrected chi connectivity index (χ2v) is 4.87. The van der Waals surface area contributed by atoms with E-state index >= 15 is 0 Å². The number of anilines is 1. The van der Waals surface area contributed by atoms with Crippen LogP contribution in [0.1, 0.15) is 17.7 Å². The molecule has 0 bridgehead atoms. The van der Waals surface area contributed by atoms with Crippen LogP contribution < -0.4 is 10.6 Å². The van der Waals surface area contributed by atoms with E-state index in [2.05, 4.69) is 15.6 Å². The number of halogens is 3. The number of hydrogen-bond donors (Lipinski definition) is 2. The van der Waals surface area contributed by atoms with Crippen LogP contribution in [0.4, 0.5) is 18.9 Å². The van der Waals surface area contributed by atoms with E-state index in [9.17, 15) is 18.0 Å². The number of rotatable bonds is 6. The van der Waals surface area contributed by atoms with Crippen LogP contribution in [-0.4, -0.2) is 17.4 Å². The number of nitrogens with one attached hydrogen (secondary N) is 2. The first-order valence-electron chi connectivity index (χ1n) is 7.03. The molecule has 1 aromatic heterocycles. The average molecular weight is 323 g/mol. The number of carbonyl (C=O) groups is 1. The van der Waals surface area contributed by atoms with Crippen molar-refractivity contribution in [3.8, 4) is 0 Å². The summed E-state index contributed by atoms with van der Waals surface area (Å²) in [6.07, 6.45) is -2.47. The first-order chi connectivity index (χ1) is 10.9. The summed E-state index contributed by atoms with van der Waals surface area (Å²) in [7, 11) is 0. The lowest BCUT2D eigenvalue weighted by Gasteiger charge is -2.09. The number of alkyl halides is 3. The van der Waals surface area contributed by atoms with E-state index in [-0.39, 0.29) is 12.3 Å². The molecule has 4 nitrogen and oxygen atoms in total. The van der Waals surface area contributed by atoms with Gasteiger partial charge in [0.2, 0.25) is 5.91 Å². The van der Waals surface area contributed by atoms with Crippen LogP contribution in [0.3, 0.4) is 0 Å². The van der Waals surface area contributed by atoms with E-state index < -0.39 is 11.7 Å². The van der Waals surface area contributed by atoms with Gasteiger partial charge >= 0.3 is 6.18 Å². The molecule has 23 heavy (non-hydrogen) atoms. The van der Waals surface area contributed by atoms with Crippen molar-refractivity contribution in [2.75, 3.05) is 11.9 Å². The third-order valence-electron chi connectivity index (χ3n) is 3.06. The minimum atomic E-state index is -4.38. The fraction of sp³-hybridized carbons (Fsp3) is 0.250. The van der Waals surface area contributed by atoms with Crippen molar-refractivity contribution in [3.63, 3.8) is 0 Å². The van der Waals surface area contributed by atoms with Crippen LogP contribution in [0.25, 0.3) is 0 Å². The molecule has 1 amide bonds. The predicted octanol–water partition coefficient (Wildman–Crippen LogP) is 3.22. The second kappa shape index (κ2) is 7.73. The smallest absolute Gasteiger partial charge is 0.326 e. The molecule has 0 aliphatic rings.